The van der Waals surface area contributed by atoms with Crippen LogP contribution < -0.4 is 5.32 Å². The molecule has 4 rings (SSSR count). The van der Waals surface area contributed by atoms with Crippen molar-refractivity contribution in [2.75, 3.05) is 5.32 Å². The van der Waals surface area contributed by atoms with Crippen LogP contribution in [-0.2, 0) is 11.0 Å². The van der Waals surface area contributed by atoms with Gasteiger partial charge in [-0.1, -0.05) is 26.0 Å². The summed E-state index contributed by atoms with van der Waals surface area (Å²) in [6.07, 6.45) is -3.29. The van der Waals surface area contributed by atoms with Gasteiger partial charge in [-0.05, 0) is 36.5 Å². The number of hydrogen-bond donors (Lipinski definition) is 2. The average molecular weight is 375 g/mol. The summed E-state index contributed by atoms with van der Waals surface area (Å²) in [5.41, 5.74) is 2.88. The molecule has 0 amide bonds. The minimum atomic E-state index is -4.39. The highest BCUT2D eigenvalue weighted by Crippen LogP contribution is 2.49. The van der Waals surface area contributed by atoms with E-state index in [0.29, 0.717) is 29.8 Å². The third kappa shape index (κ3) is 2.95. The van der Waals surface area contributed by atoms with Gasteiger partial charge in [0, 0.05) is 34.9 Å². The number of benzene rings is 1. The Morgan fingerprint density at radius 2 is 1.81 bits per heavy atom. The molecule has 1 unspecified atom stereocenters. The Morgan fingerprint density at radius 3 is 2.44 bits per heavy atom. The summed E-state index contributed by atoms with van der Waals surface area (Å²) < 4.78 is 38.8. The molecule has 142 valence electrons. The Balaban J connectivity index is 1.87. The molecular weight excluding hydrogens is 355 g/mol. The predicted octanol–water partition coefficient (Wildman–Crippen LogP) is 4.94. The molecule has 1 atom stereocenters. The Kier molecular flexibility index (Phi) is 3.77. The number of anilines is 1. The van der Waals surface area contributed by atoms with Gasteiger partial charge in [0.2, 0.25) is 0 Å². The Labute approximate surface area is 154 Å². The quantitative estimate of drug-likeness (QED) is 0.742. The second-order valence-electron chi connectivity index (χ2n) is 8.12. The summed E-state index contributed by atoms with van der Waals surface area (Å²) >= 11 is 0. The number of hydrogen-bond acceptors (Lipinski definition) is 3. The van der Waals surface area contributed by atoms with Gasteiger partial charge >= 0.3 is 6.18 Å². The highest BCUT2D eigenvalue weighted by atomic mass is 19.4. The summed E-state index contributed by atoms with van der Waals surface area (Å²) in [6, 6.07) is 5.08. The molecule has 0 radical (unpaired) electrons. The predicted molar refractivity (Wildman–Crippen MR) is 95.3 cm³/mol. The highest BCUT2D eigenvalue weighted by molar-refractivity contribution is 6.01. The summed E-state index contributed by atoms with van der Waals surface area (Å²) in [5.74, 6) is 0.257. The molecule has 2 N–H and O–H groups in total. The molecule has 1 aromatic carbocycles. The average Bonchev–Trinajstić information content (AvgIpc) is 2.92. The van der Waals surface area contributed by atoms with Crippen molar-refractivity contribution in [2.45, 2.75) is 45.7 Å². The van der Waals surface area contributed by atoms with Crippen LogP contribution >= 0.6 is 0 Å². The lowest BCUT2D eigenvalue weighted by molar-refractivity contribution is -0.137. The molecule has 2 aliphatic rings. The number of halogens is 3. The van der Waals surface area contributed by atoms with E-state index in [2.05, 4.69) is 15.5 Å². The molecule has 0 spiro atoms. The van der Waals surface area contributed by atoms with E-state index in [0.717, 1.165) is 29.1 Å². The van der Waals surface area contributed by atoms with E-state index in [9.17, 15) is 18.0 Å². The fourth-order valence-electron chi connectivity index (χ4n) is 4.15. The summed E-state index contributed by atoms with van der Waals surface area (Å²) in [4.78, 5) is 13.0. The zero-order valence-corrected chi connectivity index (χ0v) is 15.3. The maximum Gasteiger partial charge on any atom is 0.416 e. The van der Waals surface area contributed by atoms with Crippen LogP contribution in [0.3, 0.4) is 0 Å². The monoisotopic (exact) mass is 375 g/mol. The van der Waals surface area contributed by atoms with Gasteiger partial charge in [0.05, 0.1) is 5.56 Å². The van der Waals surface area contributed by atoms with Gasteiger partial charge in [-0.15, -0.1) is 0 Å². The smallest absolute Gasteiger partial charge is 0.342 e. The molecule has 1 aliphatic heterocycles. The largest absolute Gasteiger partial charge is 0.416 e. The maximum absolute atomic E-state index is 13.0. The molecule has 7 heteroatoms. The summed E-state index contributed by atoms with van der Waals surface area (Å²) in [5, 5.41) is 10.5. The fraction of sp³-hybridized carbons (Fsp3) is 0.400. The third-order valence-electron chi connectivity index (χ3n) is 5.33. The van der Waals surface area contributed by atoms with Crippen LogP contribution in [0.4, 0.5) is 19.0 Å². The molecule has 4 nitrogen and oxygen atoms in total. The molecule has 0 saturated heterocycles. The number of ketones is 1. The lowest BCUT2D eigenvalue weighted by Gasteiger charge is -2.38. The van der Waals surface area contributed by atoms with E-state index in [1.54, 1.807) is 0 Å². The SMILES string of the molecule is Cc1[nH]nc2c1C(c1ccc(C(F)(F)F)cc1)C1=C(CC(C)(C)CC1=O)N2. The second kappa shape index (κ2) is 5.71. The van der Waals surface area contributed by atoms with Gasteiger partial charge in [0.1, 0.15) is 0 Å². The van der Waals surface area contributed by atoms with E-state index in [4.69, 9.17) is 0 Å². The van der Waals surface area contributed by atoms with Gasteiger partial charge in [-0.2, -0.15) is 18.3 Å². The first-order valence-electron chi connectivity index (χ1n) is 8.82. The molecule has 1 aliphatic carbocycles. The van der Waals surface area contributed by atoms with Crippen LogP contribution in [0.5, 0.6) is 0 Å². The number of aryl methyl sites for hydroxylation is 1. The summed E-state index contributed by atoms with van der Waals surface area (Å²) in [7, 11) is 0. The number of rotatable bonds is 1. The van der Waals surface area contributed by atoms with Crippen molar-refractivity contribution in [1.29, 1.82) is 0 Å². The number of carbonyl (C=O) groups excluding carboxylic acids is 1. The first-order valence-corrected chi connectivity index (χ1v) is 8.82. The van der Waals surface area contributed by atoms with Crippen molar-refractivity contribution in [1.82, 2.24) is 10.2 Å². The summed E-state index contributed by atoms with van der Waals surface area (Å²) in [6.45, 7) is 5.93. The zero-order chi connectivity index (χ0) is 19.6. The van der Waals surface area contributed by atoms with Crippen molar-refractivity contribution in [2.24, 2.45) is 5.41 Å². The van der Waals surface area contributed by atoms with Crippen molar-refractivity contribution < 1.29 is 18.0 Å². The molecular formula is C20H20F3N3O. The minimum absolute atomic E-state index is 0.0323. The number of H-pyrrole nitrogens is 1. The number of Topliss-reactive ketones (excluding diaryl/α,β-unsaturated/α-hetero) is 1. The first-order chi connectivity index (χ1) is 12.6. The Bertz CT molecular complexity index is 952. The van der Waals surface area contributed by atoms with Crippen LogP contribution in [-0.4, -0.2) is 16.0 Å². The molecule has 1 aromatic heterocycles. The lowest BCUT2D eigenvalue weighted by Crippen LogP contribution is -2.33. The number of nitrogens with zero attached hydrogens (tertiary/aromatic N) is 1. The maximum atomic E-state index is 13.0. The van der Waals surface area contributed by atoms with Crippen LogP contribution in [0.15, 0.2) is 35.5 Å². The number of aromatic nitrogens is 2. The van der Waals surface area contributed by atoms with Crippen LogP contribution in [0.2, 0.25) is 0 Å². The van der Waals surface area contributed by atoms with Crippen LogP contribution in [0, 0.1) is 12.3 Å². The number of alkyl halides is 3. The van der Waals surface area contributed by atoms with Gasteiger partial charge in [-0.3, -0.25) is 9.89 Å². The van der Waals surface area contributed by atoms with Crippen molar-refractivity contribution >= 4 is 11.6 Å². The number of allylic oxidation sites excluding steroid dienone is 2. The van der Waals surface area contributed by atoms with Crippen LogP contribution in [0.25, 0.3) is 0 Å². The molecule has 0 bridgehead atoms. The Hall–Kier alpha value is -2.57. The first kappa shape index (κ1) is 17.8. The second-order valence-corrected chi connectivity index (χ2v) is 8.12. The van der Waals surface area contributed by atoms with Gasteiger partial charge in [0.25, 0.3) is 0 Å². The zero-order valence-electron chi connectivity index (χ0n) is 15.3. The van der Waals surface area contributed by atoms with Crippen LogP contribution in [0.1, 0.15) is 55.0 Å². The van der Waals surface area contributed by atoms with Gasteiger partial charge in [0.15, 0.2) is 11.6 Å². The standard InChI is InChI=1S/C20H20F3N3O/c1-10-15-16(11-4-6-12(7-5-11)20(21,22)23)17-13(24-18(15)26-25-10)8-19(2,3)9-14(17)27/h4-7,16H,8-9H2,1-3H3,(H2,24,25,26). The number of nitrogens with one attached hydrogen (secondary N) is 2. The number of aromatic amines is 1. The van der Waals surface area contributed by atoms with Crippen molar-refractivity contribution in [3.8, 4) is 0 Å². The topological polar surface area (TPSA) is 57.8 Å². The van der Waals surface area contributed by atoms with E-state index >= 15 is 0 Å². The number of carbonyl (C=O) groups is 1. The highest BCUT2D eigenvalue weighted by Gasteiger charge is 2.42. The third-order valence-corrected chi connectivity index (χ3v) is 5.33. The minimum Gasteiger partial charge on any atom is -0.342 e. The fourth-order valence-corrected chi connectivity index (χ4v) is 4.15. The molecule has 0 fully saturated rings. The van der Waals surface area contributed by atoms with Gasteiger partial charge in [-0.25, -0.2) is 0 Å². The van der Waals surface area contributed by atoms with Gasteiger partial charge < -0.3 is 5.32 Å². The van der Waals surface area contributed by atoms with E-state index in [-0.39, 0.29) is 11.2 Å². The van der Waals surface area contributed by atoms with E-state index < -0.39 is 17.7 Å². The Morgan fingerprint density at radius 1 is 1.15 bits per heavy atom. The lowest BCUT2D eigenvalue weighted by atomic mass is 9.69. The number of fused-ring (bicyclic) bond motifs is 1. The molecule has 0 saturated carbocycles. The van der Waals surface area contributed by atoms with Crippen molar-refractivity contribution in [3.63, 3.8) is 0 Å². The molecule has 27 heavy (non-hydrogen) atoms. The molecule has 2 heterocycles. The van der Waals surface area contributed by atoms with E-state index in [1.165, 1.54) is 12.1 Å². The normalized spacial score (nSPS) is 21.6. The van der Waals surface area contributed by atoms with Crippen molar-refractivity contribution in [3.05, 3.63) is 57.9 Å². The molecule has 2 aromatic rings. The van der Waals surface area contributed by atoms with E-state index in [1.807, 2.05) is 20.8 Å².